The normalized spacial score (nSPS) is 11.4. The van der Waals surface area contributed by atoms with Gasteiger partial charge >= 0.3 is 5.69 Å². The van der Waals surface area contributed by atoms with Crippen molar-refractivity contribution in [3.05, 3.63) is 104 Å². The number of furan rings is 1. The standard InChI is InChI=1S/C26H24N4O4/c1-15-7-5-8-19(11-15)24-28-21(18(4)34-24)14-30-25(31)22-16(2)12-17(3)27-23(22)29(26(30)32)13-20-9-6-10-33-20/h5-12H,13-14H2,1-4H3. The minimum Gasteiger partial charge on any atom is -0.467 e. The van der Waals surface area contributed by atoms with Crippen LogP contribution in [0.3, 0.4) is 0 Å². The first kappa shape index (κ1) is 21.6. The van der Waals surface area contributed by atoms with Crippen LogP contribution in [0.25, 0.3) is 22.5 Å². The molecule has 8 nitrogen and oxygen atoms in total. The molecule has 4 aromatic heterocycles. The fourth-order valence-corrected chi connectivity index (χ4v) is 4.20. The molecule has 4 heterocycles. The molecule has 5 rings (SSSR count). The maximum atomic E-state index is 13.6. The van der Waals surface area contributed by atoms with E-state index < -0.39 is 11.2 Å². The van der Waals surface area contributed by atoms with Gasteiger partial charge in [-0.3, -0.25) is 13.9 Å². The number of hydrogen-bond acceptors (Lipinski definition) is 6. The van der Waals surface area contributed by atoms with E-state index in [4.69, 9.17) is 8.83 Å². The van der Waals surface area contributed by atoms with E-state index in [1.54, 1.807) is 25.3 Å². The highest BCUT2D eigenvalue weighted by Gasteiger charge is 2.20. The maximum absolute atomic E-state index is 13.6. The maximum Gasteiger partial charge on any atom is 0.333 e. The highest BCUT2D eigenvalue weighted by Crippen LogP contribution is 2.23. The summed E-state index contributed by atoms with van der Waals surface area (Å²) in [6.45, 7) is 7.61. The summed E-state index contributed by atoms with van der Waals surface area (Å²) in [5.74, 6) is 1.60. The van der Waals surface area contributed by atoms with Gasteiger partial charge in [-0.15, -0.1) is 0 Å². The second kappa shape index (κ2) is 8.30. The van der Waals surface area contributed by atoms with Crippen molar-refractivity contribution in [3.8, 4) is 11.5 Å². The number of fused-ring (bicyclic) bond motifs is 1. The number of oxazole rings is 1. The van der Waals surface area contributed by atoms with Crippen molar-refractivity contribution in [1.82, 2.24) is 19.1 Å². The molecule has 0 N–H and O–H groups in total. The Labute approximate surface area is 195 Å². The third-order valence-corrected chi connectivity index (χ3v) is 5.86. The van der Waals surface area contributed by atoms with Crippen LogP contribution in [-0.2, 0) is 13.1 Å². The minimum atomic E-state index is -0.481. The summed E-state index contributed by atoms with van der Waals surface area (Å²) in [4.78, 5) is 36.2. The molecule has 0 amide bonds. The summed E-state index contributed by atoms with van der Waals surface area (Å²) >= 11 is 0. The zero-order chi connectivity index (χ0) is 24.0. The van der Waals surface area contributed by atoms with Gasteiger partial charge in [-0.05, 0) is 63.6 Å². The highest BCUT2D eigenvalue weighted by atomic mass is 16.4. The Balaban J connectivity index is 1.67. The molecule has 0 unspecified atom stereocenters. The van der Waals surface area contributed by atoms with Gasteiger partial charge in [-0.25, -0.2) is 14.8 Å². The molecule has 0 spiro atoms. The van der Waals surface area contributed by atoms with Crippen LogP contribution >= 0.6 is 0 Å². The minimum absolute atomic E-state index is 0.0137. The molecule has 0 aliphatic carbocycles. The van der Waals surface area contributed by atoms with Gasteiger partial charge in [-0.2, -0.15) is 0 Å². The molecular weight excluding hydrogens is 432 g/mol. The van der Waals surface area contributed by atoms with Gasteiger partial charge in [0.25, 0.3) is 5.56 Å². The Morgan fingerprint density at radius 2 is 1.74 bits per heavy atom. The summed E-state index contributed by atoms with van der Waals surface area (Å²) in [5, 5.41) is 0.400. The summed E-state index contributed by atoms with van der Waals surface area (Å²) in [6.07, 6.45) is 1.55. The van der Waals surface area contributed by atoms with Gasteiger partial charge in [-0.1, -0.05) is 17.7 Å². The molecule has 0 aliphatic rings. The highest BCUT2D eigenvalue weighted by molar-refractivity contribution is 5.78. The van der Waals surface area contributed by atoms with Crippen LogP contribution in [0.4, 0.5) is 0 Å². The van der Waals surface area contributed by atoms with Crippen molar-refractivity contribution >= 4 is 11.0 Å². The number of nitrogens with zero attached hydrogens (tertiary/aromatic N) is 4. The third-order valence-electron chi connectivity index (χ3n) is 5.86. The number of rotatable bonds is 5. The predicted molar refractivity (Wildman–Crippen MR) is 128 cm³/mol. The van der Waals surface area contributed by atoms with Gasteiger partial charge in [0.1, 0.15) is 17.2 Å². The first-order valence-corrected chi connectivity index (χ1v) is 11.0. The molecule has 0 saturated carbocycles. The van der Waals surface area contributed by atoms with Crippen molar-refractivity contribution in [1.29, 1.82) is 0 Å². The summed E-state index contributed by atoms with van der Waals surface area (Å²) in [5.41, 5.74) is 3.39. The van der Waals surface area contributed by atoms with E-state index in [1.807, 2.05) is 51.1 Å². The molecule has 0 aliphatic heterocycles. The fourth-order valence-electron chi connectivity index (χ4n) is 4.20. The van der Waals surface area contributed by atoms with E-state index in [0.29, 0.717) is 34.1 Å². The number of pyridine rings is 1. The Morgan fingerprint density at radius 1 is 0.912 bits per heavy atom. The van der Waals surface area contributed by atoms with Crippen molar-refractivity contribution in [3.63, 3.8) is 0 Å². The summed E-state index contributed by atoms with van der Waals surface area (Å²) < 4.78 is 14.0. The molecule has 0 saturated heterocycles. The largest absolute Gasteiger partial charge is 0.467 e. The molecule has 0 atom stereocenters. The van der Waals surface area contributed by atoms with E-state index in [-0.39, 0.29) is 13.1 Å². The van der Waals surface area contributed by atoms with Crippen LogP contribution in [0.2, 0.25) is 0 Å². The summed E-state index contributed by atoms with van der Waals surface area (Å²) in [6, 6.07) is 13.2. The number of aromatic nitrogens is 4. The molecular formula is C26H24N4O4. The van der Waals surface area contributed by atoms with Crippen LogP contribution in [0.5, 0.6) is 0 Å². The summed E-state index contributed by atoms with van der Waals surface area (Å²) in [7, 11) is 0. The molecule has 0 bridgehead atoms. The lowest BCUT2D eigenvalue weighted by atomic mass is 10.1. The Morgan fingerprint density at radius 3 is 2.47 bits per heavy atom. The fraction of sp³-hybridized carbons (Fsp3) is 0.231. The van der Waals surface area contributed by atoms with E-state index in [9.17, 15) is 9.59 Å². The molecule has 0 fully saturated rings. The Bertz CT molecular complexity index is 1640. The lowest BCUT2D eigenvalue weighted by molar-refractivity contribution is 0.483. The van der Waals surface area contributed by atoms with Crippen molar-refractivity contribution in [2.24, 2.45) is 0 Å². The SMILES string of the molecule is Cc1cccc(-c2nc(Cn3c(=O)c4c(C)cc(C)nc4n(Cc4ccco4)c3=O)c(C)o2)c1. The zero-order valence-corrected chi connectivity index (χ0v) is 19.5. The van der Waals surface area contributed by atoms with Crippen molar-refractivity contribution in [2.75, 3.05) is 0 Å². The van der Waals surface area contributed by atoms with Gasteiger partial charge in [0.2, 0.25) is 5.89 Å². The quantitative estimate of drug-likeness (QED) is 0.394. The first-order valence-electron chi connectivity index (χ1n) is 11.0. The first-order chi connectivity index (χ1) is 16.3. The smallest absolute Gasteiger partial charge is 0.333 e. The Kier molecular flexibility index (Phi) is 5.28. The van der Waals surface area contributed by atoms with Crippen LogP contribution in [-0.4, -0.2) is 19.1 Å². The van der Waals surface area contributed by atoms with Gasteiger partial charge in [0, 0.05) is 11.3 Å². The molecule has 172 valence electrons. The van der Waals surface area contributed by atoms with Crippen LogP contribution in [0.15, 0.2) is 67.2 Å². The van der Waals surface area contributed by atoms with E-state index in [2.05, 4.69) is 9.97 Å². The average Bonchev–Trinajstić information content (AvgIpc) is 3.43. The van der Waals surface area contributed by atoms with Gasteiger partial charge in [0.15, 0.2) is 5.65 Å². The second-order valence-corrected chi connectivity index (χ2v) is 8.51. The van der Waals surface area contributed by atoms with Gasteiger partial charge in [0.05, 0.1) is 24.7 Å². The van der Waals surface area contributed by atoms with Gasteiger partial charge < -0.3 is 8.83 Å². The second-order valence-electron chi connectivity index (χ2n) is 8.51. The van der Waals surface area contributed by atoms with Crippen LogP contribution in [0.1, 0.15) is 34.0 Å². The topological polar surface area (TPSA) is 96.1 Å². The molecule has 34 heavy (non-hydrogen) atoms. The Hall–Kier alpha value is -4.20. The molecule has 8 heteroatoms. The third kappa shape index (κ3) is 3.77. The molecule has 5 aromatic rings. The van der Waals surface area contributed by atoms with E-state index in [1.165, 1.54) is 9.13 Å². The predicted octanol–water partition coefficient (Wildman–Crippen LogP) is 4.14. The van der Waals surface area contributed by atoms with E-state index in [0.717, 1.165) is 22.4 Å². The lowest BCUT2D eigenvalue weighted by Crippen LogP contribution is -2.41. The monoisotopic (exact) mass is 456 g/mol. The zero-order valence-electron chi connectivity index (χ0n) is 19.5. The van der Waals surface area contributed by atoms with E-state index >= 15 is 0 Å². The van der Waals surface area contributed by atoms with Crippen LogP contribution < -0.4 is 11.2 Å². The van der Waals surface area contributed by atoms with Crippen molar-refractivity contribution in [2.45, 2.75) is 40.8 Å². The number of benzene rings is 1. The number of aryl methyl sites for hydroxylation is 4. The molecule has 1 aromatic carbocycles. The molecule has 0 radical (unpaired) electrons. The van der Waals surface area contributed by atoms with Crippen molar-refractivity contribution < 1.29 is 8.83 Å². The lowest BCUT2D eigenvalue weighted by Gasteiger charge is -2.14. The number of hydrogen-bond donors (Lipinski definition) is 0. The average molecular weight is 457 g/mol. The van der Waals surface area contributed by atoms with Crippen LogP contribution in [0, 0.1) is 27.7 Å².